The molecule has 0 saturated heterocycles. The van der Waals surface area contributed by atoms with E-state index in [0.29, 0.717) is 24.1 Å². The van der Waals surface area contributed by atoms with Crippen LogP contribution in [-0.4, -0.2) is 39.0 Å². The van der Waals surface area contributed by atoms with Crippen molar-refractivity contribution < 1.29 is 13.2 Å². The van der Waals surface area contributed by atoms with Gasteiger partial charge >= 0.3 is 0 Å². The number of nitrogen functional groups attached to an aromatic ring is 1. The minimum atomic E-state index is -3.60. The summed E-state index contributed by atoms with van der Waals surface area (Å²) >= 11 is 5.86. The summed E-state index contributed by atoms with van der Waals surface area (Å²) in [6, 6.07) is 4.38. The van der Waals surface area contributed by atoms with Crippen LogP contribution in [-0.2, 0) is 14.8 Å². The van der Waals surface area contributed by atoms with Crippen molar-refractivity contribution in [3.8, 4) is 0 Å². The van der Waals surface area contributed by atoms with Gasteiger partial charge in [-0.2, -0.15) is 4.31 Å². The number of ether oxygens (including phenoxy) is 1. The van der Waals surface area contributed by atoms with Gasteiger partial charge in [0.15, 0.2) is 0 Å². The summed E-state index contributed by atoms with van der Waals surface area (Å²) in [6.45, 7) is 2.64. The highest BCUT2D eigenvalue weighted by Gasteiger charge is 2.38. The molecule has 1 aliphatic carbocycles. The van der Waals surface area contributed by atoms with E-state index in [1.54, 1.807) is 7.11 Å². The Morgan fingerprint density at radius 2 is 2.14 bits per heavy atom. The summed E-state index contributed by atoms with van der Waals surface area (Å²) in [5, 5.41) is 0.354. The van der Waals surface area contributed by atoms with Crippen LogP contribution in [0.5, 0.6) is 0 Å². The van der Waals surface area contributed by atoms with Gasteiger partial charge in [0.2, 0.25) is 10.0 Å². The summed E-state index contributed by atoms with van der Waals surface area (Å²) in [5.41, 5.74) is 5.99. The molecule has 0 radical (unpaired) electrons. The first kappa shape index (κ1) is 16.5. The standard InChI is InChI=1S/C14H21ClN2O3S/c1-10(11-3-4-11)17(7-8-20-2)21(18,19)12-5-6-13(15)14(16)9-12/h5-6,9-11H,3-4,7-8,16H2,1-2H3. The Bertz CT molecular complexity index is 602. The van der Waals surface area contributed by atoms with Gasteiger partial charge in [-0.25, -0.2) is 8.42 Å². The largest absolute Gasteiger partial charge is 0.397 e. The van der Waals surface area contributed by atoms with Crippen molar-refractivity contribution >= 4 is 27.3 Å². The predicted octanol–water partition coefficient (Wildman–Crippen LogP) is 2.36. The molecule has 0 heterocycles. The van der Waals surface area contributed by atoms with Gasteiger partial charge in [0.05, 0.1) is 22.2 Å². The Hall–Kier alpha value is -0.820. The highest BCUT2D eigenvalue weighted by molar-refractivity contribution is 7.89. The number of anilines is 1. The number of rotatable bonds is 7. The lowest BCUT2D eigenvalue weighted by Crippen LogP contribution is -2.41. The molecule has 1 aromatic rings. The van der Waals surface area contributed by atoms with E-state index in [9.17, 15) is 8.42 Å². The first-order valence-corrected chi connectivity index (χ1v) is 8.75. The molecule has 2 N–H and O–H groups in total. The van der Waals surface area contributed by atoms with Crippen LogP contribution in [0.4, 0.5) is 5.69 Å². The molecule has 0 bridgehead atoms. The smallest absolute Gasteiger partial charge is 0.243 e. The van der Waals surface area contributed by atoms with Gasteiger partial charge in [-0.15, -0.1) is 0 Å². The maximum absolute atomic E-state index is 12.8. The zero-order valence-corrected chi connectivity index (χ0v) is 13.8. The fourth-order valence-electron chi connectivity index (χ4n) is 2.36. The van der Waals surface area contributed by atoms with E-state index in [1.807, 2.05) is 6.92 Å². The van der Waals surface area contributed by atoms with Crippen LogP contribution in [0, 0.1) is 5.92 Å². The third kappa shape index (κ3) is 3.69. The molecule has 1 fully saturated rings. The van der Waals surface area contributed by atoms with Crippen molar-refractivity contribution in [3.63, 3.8) is 0 Å². The van der Waals surface area contributed by atoms with Crippen LogP contribution in [0.15, 0.2) is 23.1 Å². The first-order valence-electron chi connectivity index (χ1n) is 6.93. The summed E-state index contributed by atoms with van der Waals surface area (Å²) in [7, 11) is -2.04. The van der Waals surface area contributed by atoms with E-state index >= 15 is 0 Å². The average molecular weight is 333 g/mol. The quantitative estimate of drug-likeness (QED) is 0.778. The molecule has 0 amide bonds. The molecule has 1 saturated carbocycles. The lowest BCUT2D eigenvalue weighted by atomic mass is 10.2. The topological polar surface area (TPSA) is 72.6 Å². The fraction of sp³-hybridized carbons (Fsp3) is 0.571. The summed E-state index contributed by atoms with van der Waals surface area (Å²) in [4.78, 5) is 0.174. The zero-order valence-electron chi connectivity index (χ0n) is 12.3. The molecule has 1 atom stereocenters. The Labute approximate surface area is 131 Å². The lowest BCUT2D eigenvalue weighted by Gasteiger charge is -2.28. The summed E-state index contributed by atoms with van der Waals surface area (Å²) in [6.07, 6.45) is 2.14. The second kappa shape index (κ2) is 6.52. The van der Waals surface area contributed by atoms with Gasteiger partial charge < -0.3 is 10.5 Å². The number of nitrogens with zero attached hydrogens (tertiary/aromatic N) is 1. The van der Waals surface area contributed by atoms with Crippen LogP contribution >= 0.6 is 11.6 Å². The number of methoxy groups -OCH3 is 1. The normalized spacial score (nSPS) is 17.1. The van der Waals surface area contributed by atoms with Crippen LogP contribution in [0.2, 0.25) is 5.02 Å². The molecule has 21 heavy (non-hydrogen) atoms. The molecule has 1 aromatic carbocycles. The van der Waals surface area contributed by atoms with Crippen molar-refractivity contribution in [1.29, 1.82) is 0 Å². The Morgan fingerprint density at radius 3 is 2.67 bits per heavy atom. The fourth-order valence-corrected chi connectivity index (χ4v) is 4.18. The minimum absolute atomic E-state index is 0.0398. The van der Waals surface area contributed by atoms with Gasteiger partial charge in [0.1, 0.15) is 0 Å². The van der Waals surface area contributed by atoms with Crippen LogP contribution < -0.4 is 5.73 Å². The highest BCUT2D eigenvalue weighted by atomic mass is 35.5. The Morgan fingerprint density at radius 1 is 1.48 bits per heavy atom. The monoisotopic (exact) mass is 332 g/mol. The van der Waals surface area contributed by atoms with Gasteiger partial charge in [0.25, 0.3) is 0 Å². The Kier molecular flexibility index (Phi) is 5.14. The maximum atomic E-state index is 12.8. The van der Waals surface area contributed by atoms with Gasteiger partial charge in [-0.3, -0.25) is 0 Å². The zero-order chi connectivity index (χ0) is 15.6. The molecule has 1 unspecified atom stereocenters. The Balaban J connectivity index is 2.33. The number of sulfonamides is 1. The third-order valence-corrected chi connectivity index (χ3v) is 6.17. The van der Waals surface area contributed by atoms with E-state index in [-0.39, 0.29) is 16.6 Å². The summed E-state index contributed by atoms with van der Waals surface area (Å²) in [5.74, 6) is 0.432. The molecule has 0 aromatic heterocycles. The molecule has 2 rings (SSSR count). The van der Waals surface area contributed by atoms with Gasteiger partial charge in [-0.05, 0) is 43.9 Å². The van der Waals surface area contributed by atoms with Crippen molar-refractivity contribution in [2.24, 2.45) is 5.92 Å². The highest BCUT2D eigenvalue weighted by Crippen LogP contribution is 2.37. The lowest BCUT2D eigenvalue weighted by molar-refractivity contribution is 0.164. The van der Waals surface area contributed by atoms with E-state index < -0.39 is 10.0 Å². The maximum Gasteiger partial charge on any atom is 0.243 e. The SMILES string of the molecule is COCCN(C(C)C1CC1)S(=O)(=O)c1ccc(Cl)c(N)c1. The molecule has 1 aliphatic rings. The molecule has 7 heteroatoms. The molecule has 118 valence electrons. The molecular weight excluding hydrogens is 312 g/mol. The van der Waals surface area contributed by atoms with Crippen molar-refractivity contribution in [3.05, 3.63) is 23.2 Å². The molecule has 5 nitrogen and oxygen atoms in total. The van der Waals surface area contributed by atoms with E-state index in [1.165, 1.54) is 22.5 Å². The van der Waals surface area contributed by atoms with Gasteiger partial charge in [0, 0.05) is 19.7 Å². The summed E-state index contributed by atoms with van der Waals surface area (Å²) < 4.78 is 32.2. The number of hydrogen-bond acceptors (Lipinski definition) is 4. The van der Waals surface area contributed by atoms with Crippen LogP contribution in [0.3, 0.4) is 0 Å². The second-order valence-electron chi connectivity index (χ2n) is 5.37. The first-order chi connectivity index (χ1) is 9.87. The van der Waals surface area contributed by atoms with Crippen molar-refractivity contribution in [2.45, 2.75) is 30.7 Å². The van der Waals surface area contributed by atoms with E-state index in [0.717, 1.165) is 12.8 Å². The van der Waals surface area contributed by atoms with Crippen LogP contribution in [0.25, 0.3) is 0 Å². The third-order valence-electron chi connectivity index (χ3n) is 3.85. The van der Waals surface area contributed by atoms with E-state index in [4.69, 9.17) is 22.1 Å². The molecule has 0 spiro atoms. The predicted molar refractivity (Wildman–Crippen MR) is 83.8 cm³/mol. The molecular formula is C14H21ClN2O3S. The second-order valence-corrected chi connectivity index (χ2v) is 7.67. The number of nitrogens with two attached hydrogens (primary N) is 1. The van der Waals surface area contributed by atoms with E-state index in [2.05, 4.69) is 0 Å². The molecule has 0 aliphatic heterocycles. The average Bonchev–Trinajstić information content (AvgIpc) is 3.26. The van der Waals surface area contributed by atoms with Gasteiger partial charge in [-0.1, -0.05) is 11.6 Å². The van der Waals surface area contributed by atoms with Crippen LogP contribution in [0.1, 0.15) is 19.8 Å². The minimum Gasteiger partial charge on any atom is -0.397 e. The number of hydrogen-bond donors (Lipinski definition) is 1. The number of halogens is 1. The number of benzene rings is 1. The van der Waals surface area contributed by atoms with Crippen molar-refractivity contribution in [2.75, 3.05) is 26.0 Å². The van der Waals surface area contributed by atoms with Crippen molar-refractivity contribution in [1.82, 2.24) is 4.31 Å².